The second kappa shape index (κ2) is 9.02. The molecule has 2 aromatic carbocycles. The van der Waals surface area contributed by atoms with E-state index in [-0.39, 0.29) is 5.75 Å². The first kappa shape index (κ1) is 19.5. The molecule has 1 amide bonds. The molecule has 0 unspecified atom stereocenters. The lowest BCUT2D eigenvalue weighted by atomic mass is 10.1. The molecule has 0 aliphatic carbocycles. The van der Waals surface area contributed by atoms with Crippen molar-refractivity contribution in [1.29, 1.82) is 0 Å². The molecule has 0 bridgehead atoms. The Kier molecular flexibility index (Phi) is 7.02. The number of hydrogen-bond acceptors (Lipinski definition) is 3. The van der Waals surface area contributed by atoms with Crippen molar-refractivity contribution in [3.05, 3.63) is 64.7 Å². The van der Waals surface area contributed by atoms with E-state index in [4.69, 9.17) is 11.6 Å². The number of benzene rings is 2. The summed E-state index contributed by atoms with van der Waals surface area (Å²) in [5, 5.41) is 3.18. The van der Waals surface area contributed by atoms with Gasteiger partial charge in [0.2, 0.25) is 5.91 Å². The molecule has 0 fully saturated rings. The van der Waals surface area contributed by atoms with Crippen LogP contribution in [0.15, 0.2) is 48.5 Å². The SMILES string of the molecule is CCCCc1ccc(NC(=O)CS(=O)(=O)Cc2ccc(Cl)cc2)cc1. The van der Waals surface area contributed by atoms with E-state index < -0.39 is 21.5 Å². The summed E-state index contributed by atoms with van der Waals surface area (Å²) in [6.07, 6.45) is 3.25. The highest BCUT2D eigenvalue weighted by molar-refractivity contribution is 7.91. The van der Waals surface area contributed by atoms with Crippen LogP contribution in [0, 0.1) is 0 Å². The molecule has 25 heavy (non-hydrogen) atoms. The molecule has 0 aliphatic rings. The molecular formula is C19H22ClNO3S. The molecule has 2 aromatic rings. The molecule has 6 heteroatoms. The molecular weight excluding hydrogens is 358 g/mol. The minimum atomic E-state index is -3.54. The van der Waals surface area contributed by atoms with Gasteiger partial charge in [0.1, 0.15) is 5.75 Å². The summed E-state index contributed by atoms with van der Waals surface area (Å²) < 4.78 is 24.3. The Bertz CT molecular complexity index is 800. The number of rotatable bonds is 8. The van der Waals surface area contributed by atoms with E-state index in [0.717, 1.165) is 19.3 Å². The highest BCUT2D eigenvalue weighted by Gasteiger charge is 2.17. The normalized spacial score (nSPS) is 11.3. The van der Waals surface area contributed by atoms with Gasteiger partial charge in [0, 0.05) is 10.7 Å². The van der Waals surface area contributed by atoms with Gasteiger partial charge in [0.05, 0.1) is 5.75 Å². The fourth-order valence-corrected chi connectivity index (χ4v) is 3.82. The van der Waals surface area contributed by atoms with Crippen LogP contribution in [-0.4, -0.2) is 20.1 Å². The number of unbranched alkanes of at least 4 members (excludes halogenated alkanes) is 1. The van der Waals surface area contributed by atoms with Crippen molar-refractivity contribution >= 4 is 33.0 Å². The standard InChI is InChI=1S/C19H22ClNO3S/c1-2-3-4-15-7-11-18(12-8-15)21-19(22)14-25(23,24)13-16-5-9-17(20)10-6-16/h5-12H,2-4,13-14H2,1H3,(H,21,22). The van der Waals surface area contributed by atoms with E-state index in [9.17, 15) is 13.2 Å². The zero-order chi connectivity index (χ0) is 18.3. The van der Waals surface area contributed by atoms with Gasteiger partial charge in [-0.3, -0.25) is 4.79 Å². The first-order valence-corrected chi connectivity index (χ1v) is 10.4. The van der Waals surface area contributed by atoms with Gasteiger partial charge < -0.3 is 5.32 Å². The Balaban J connectivity index is 1.91. The Morgan fingerprint density at radius 1 is 1.00 bits per heavy atom. The third-order valence-electron chi connectivity index (χ3n) is 3.71. The van der Waals surface area contributed by atoms with Gasteiger partial charge in [0.15, 0.2) is 9.84 Å². The molecule has 0 aromatic heterocycles. The number of carbonyl (C=O) groups is 1. The van der Waals surface area contributed by atoms with Crippen LogP contribution in [0.3, 0.4) is 0 Å². The zero-order valence-electron chi connectivity index (χ0n) is 14.2. The van der Waals surface area contributed by atoms with Gasteiger partial charge in [-0.1, -0.05) is 49.2 Å². The lowest BCUT2D eigenvalue weighted by Gasteiger charge is -2.08. The third kappa shape index (κ3) is 6.88. The number of amides is 1. The van der Waals surface area contributed by atoms with Crippen LogP contribution in [0.5, 0.6) is 0 Å². The van der Waals surface area contributed by atoms with Crippen LogP contribution >= 0.6 is 11.6 Å². The zero-order valence-corrected chi connectivity index (χ0v) is 15.7. The summed E-state index contributed by atoms with van der Waals surface area (Å²) in [7, 11) is -3.54. The molecule has 0 heterocycles. The van der Waals surface area contributed by atoms with Crippen LogP contribution < -0.4 is 5.32 Å². The molecule has 134 valence electrons. The Morgan fingerprint density at radius 2 is 1.60 bits per heavy atom. The fourth-order valence-electron chi connectivity index (χ4n) is 2.42. The maximum Gasteiger partial charge on any atom is 0.239 e. The highest BCUT2D eigenvalue weighted by Crippen LogP contribution is 2.14. The Morgan fingerprint density at radius 3 is 2.20 bits per heavy atom. The van der Waals surface area contributed by atoms with Crippen molar-refractivity contribution in [2.75, 3.05) is 11.1 Å². The topological polar surface area (TPSA) is 63.2 Å². The number of aryl methyl sites for hydroxylation is 1. The van der Waals surface area contributed by atoms with E-state index in [0.29, 0.717) is 16.3 Å². The Hall–Kier alpha value is -1.85. The first-order valence-electron chi connectivity index (χ1n) is 8.21. The van der Waals surface area contributed by atoms with E-state index in [2.05, 4.69) is 12.2 Å². The summed E-state index contributed by atoms with van der Waals surface area (Å²) in [5.41, 5.74) is 2.42. The molecule has 1 N–H and O–H groups in total. The van der Waals surface area contributed by atoms with Gasteiger partial charge in [-0.05, 0) is 48.2 Å². The van der Waals surface area contributed by atoms with Crippen molar-refractivity contribution in [1.82, 2.24) is 0 Å². The molecule has 0 saturated carbocycles. The van der Waals surface area contributed by atoms with Gasteiger partial charge in [0.25, 0.3) is 0 Å². The molecule has 0 spiro atoms. The van der Waals surface area contributed by atoms with Gasteiger partial charge in [-0.15, -0.1) is 0 Å². The Labute approximate surface area is 154 Å². The quantitative estimate of drug-likeness (QED) is 0.746. The fraction of sp³-hybridized carbons (Fsp3) is 0.316. The van der Waals surface area contributed by atoms with E-state index >= 15 is 0 Å². The van der Waals surface area contributed by atoms with Crippen LogP contribution in [0.25, 0.3) is 0 Å². The van der Waals surface area contributed by atoms with Gasteiger partial charge >= 0.3 is 0 Å². The second-order valence-electron chi connectivity index (χ2n) is 6.01. The maximum atomic E-state index is 12.2. The summed E-state index contributed by atoms with van der Waals surface area (Å²) in [6.45, 7) is 2.14. The molecule has 0 atom stereocenters. The smallest absolute Gasteiger partial charge is 0.239 e. The van der Waals surface area contributed by atoms with Crippen LogP contribution in [-0.2, 0) is 26.8 Å². The van der Waals surface area contributed by atoms with Crippen molar-refractivity contribution < 1.29 is 13.2 Å². The summed E-state index contributed by atoms with van der Waals surface area (Å²) >= 11 is 5.78. The summed E-state index contributed by atoms with van der Waals surface area (Å²) in [4.78, 5) is 12.0. The number of carbonyl (C=O) groups excluding carboxylic acids is 1. The van der Waals surface area contributed by atoms with E-state index in [1.165, 1.54) is 5.56 Å². The van der Waals surface area contributed by atoms with Gasteiger partial charge in [-0.2, -0.15) is 0 Å². The number of sulfone groups is 1. The molecule has 0 saturated heterocycles. The van der Waals surface area contributed by atoms with E-state index in [1.54, 1.807) is 36.4 Å². The number of nitrogens with one attached hydrogen (secondary N) is 1. The van der Waals surface area contributed by atoms with Crippen LogP contribution in [0.4, 0.5) is 5.69 Å². The molecule has 0 aliphatic heterocycles. The van der Waals surface area contributed by atoms with Crippen molar-refractivity contribution in [3.63, 3.8) is 0 Å². The molecule has 2 rings (SSSR count). The van der Waals surface area contributed by atoms with Crippen molar-refractivity contribution in [2.24, 2.45) is 0 Å². The monoisotopic (exact) mass is 379 g/mol. The van der Waals surface area contributed by atoms with Crippen molar-refractivity contribution in [2.45, 2.75) is 31.9 Å². The predicted molar refractivity (Wildman–Crippen MR) is 103 cm³/mol. The number of hydrogen-bond donors (Lipinski definition) is 1. The lowest BCUT2D eigenvalue weighted by molar-refractivity contribution is -0.113. The van der Waals surface area contributed by atoms with Crippen molar-refractivity contribution in [3.8, 4) is 0 Å². The average Bonchev–Trinajstić information content (AvgIpc) is 2.55. The maximum absolute atomic E-state index is 12.2. The summed E-state index contributed by atoms with van der Waals surface area (Å²) in [6, 6.07) is 14.1. The molecule has 4 nitrogen and oxygen atoms in total. The van der Waals surface area contributed by atoms with Gasteiger partial charge in [-0.25, -0.2) is 8.42 Å². The predicted octanol–water partition coefficient (Wildman–Crippen LogP) is 4.24. The van der Waals surface area contributed by atoms with Crippen LogP contribution in [0.2, 0.25) is 5.02 Å². The number of anilines is 1. The minimum absolute atomic E-state index is 0.187. The van der Waals surface area contributed by atoms with E-state index in [1.807, 2.05) is 12.1 Å². The first-order chi connectivity index (χ1) is 11.9. The lowest BCUT2D eigenvalue weighted by Crippen LogP contribution is -2.23. The molecule has 0 radical (unpaired) electrons. The second-order valence-corrected chi connectivity index (χ2v) is 8.51. The highest BCUT2D eigenvalue weighted by atomic mass is 35.5. The van der Waals surface area contributed by atoms with Crippen LogP contribution in [0.1, 0.15) is 30.9 Å². The minimum Gasteiger partial charge on any atom is -0.325 e. The summed E-state index contributed by atoms with van der Waals surface area (Å²) in [5.74, 6) is -1.27. The number of halogens is 1. The third-order valence-corrected chi connectivity index (χ3v) is 5.43. The largest absolute Gasteiger partial charge is 0.325 e. The average molecular weight is 380 g/mol.